The standard InChI is InChI=1S/C13H26N2/c1-12-6-9-15(10-12)13(11-14)7-4-2-3-5-8-13/h12H,2-11,14H2,1H3. The monoisotopic (exact) mass is 210 g/mol. The zero-order chi connectivity index (χ0) is 10.7. The van der Waals surface area contributed by atoms with E-state index < -0.39 is 0 Å². The molecule has 15 heavy (non-hydrogen) atoms. The molecule has 0 aromatic heterocycles. The summed E-state index contributed by atoms with van der Waals surface area (Å²) in [6.45, 7) is 5.83. The van der Waals surface area contributed by atoms with Crippen molar-refractivity contribution < 1.29 is 0 Å². The van der Waals surface area contributed by atoms with E-state index in [9.17, 15) is 0 Å². The first-order valence-electron chi connectivity index (χ1n) is 6.72. The molecule has 0 bridgehead atoms. The van der Waals surface area contributed by atoms with Crippen LogP contribution in [0.15, 0.2) is 0 Å². The Bertz CT molecular complexity index is 195. The van der Waals surface area contributed by atoms with Crippen molar-refractivity contribution >= 4 is 0 Å². The molecule has 1 aliphatic carbocycles. The fourth-order valence-corrected chi connectivity index (χ4v) is 3.40. The molecule has 1 saturated carbocycles. The van der Waals surface area contributed by atoms with Gasteiger partial charge in [-0.15, -0.1) is 0 Å². The molecule has 2 rings (SSSR count). The molecule has 0 amide bonds. The van der Waals surface area contributed by atoms with Crippen molar-refractivity contribution in [2.45, 2.75) is 57.4 Å². The zero-order valence-corrected chi connectivity index (χ0v) is 10.2. The number of likely N-dealkylation sites (tertiary alicyclic amines) is 1. The first kappa shape index (κ1) is 11.4. The Morgan fingerprint density at radius 3 is 2.33 bits per heavy atom. The molecule has 1 heterocycles. The van der Waals surface area contributed by atoms with Crippen LogP contribution in [0.4, 0.5) is 0 Å². The minimum Gasteiger partial charge on any atom is -0.329 e. The molecular weight excluding hydrogens is 184 g/mol. The minimum absolute atomic E-state index is 0.376. The van der Waals surface area contributed by atoms with Gasteiger partial charge in [0.1, 0.15) is 0 Å². The van der Waals surface area contributed by atoms with Gasteiger partial charge in [0.25, 0.3) is 0 Å². The van der Waals surface area contributed by atoms with E-state index in [-0.39, 0.29) is 0 Å². The quantitative estimate of drug-likeness (QED) is 0.709. The lowest BCUT2D eigenvalue weighted by Crippen LogP contribution is -2.52. The van der Waals surface area contributed by atoms with Crippen LogP contribution in [-0.2, 0) is 0 Å². The van der Waals surface area contributed by atoms with Crippen LogP contribution in [0.2, 0.25) is 0 Å². The molecule has 0 radical (unpaired) electrons. The molecule has 88 valence electrons. The van der Waals surface area contributed by atoms with Crippen LogP contribution < -0.4 is 5.73 Å². The van der Waals surface area contributed by atoms with E-state index in [0.29, 0.717) is 5.54 Å². The van der Waals surface area contributed by atoms with Gasteiger partial charge in [-0.1, -0.05) is 32.6 Å². The second kappa shape index (κ2) is 4.84. The highest BCUT2D eigenvalue weighted by atomic mass is 15.2. The molecule has 1 aliphatic heterocycles. The molecule has 0 aromatic carbocycles. The van der Waals surface area contributed by atoms with Gasteiger partial charge in [0, 0.05) is 18.6 Å². The smallest absolute Gasteiger partial charge is 0.0331 e. The SMILES string of the molecule is CC1CCN(C2(CN)CCCCCC2)C1. The maximum absolute atomic E-state index is 6.09. The number of hydrogen-bond acceptors (Lipinski definition) is 2. The Hall–Kier alpha value is -0.0800. The molecular formula is C13H26N2. The second-order valence-corrected chi connectivity index (χ2v) is 5.68. The maximum Gasteiger partial charge on any atom is 0.0331 e. The summed E-state index contributed by atoms with van der Waals surface area (Å²) < 4.78 is 0. The molecule has 2 heteroatoms. The number of rotatable bonds is 2. The molecule has 0 spiro atoms. The van der Waals surface area contributed by atoms with E-state index in [4.69, 9.17) is 5.73 Å². The van der Waals surface area contributed by atoms with Crippen LogP contribution >= 0.6 is 0 Å². The highest BCUT2D eigenvalue weighted by Crippen LogP contribution is 2.35. The lowest BCUT2D eigenvalue weighted by molar-refractivity contribution is 0.102. The summed E-state index contributed by atoms with van der Waals surface area (Å²) in [5.41, 5.74) is 6.47. The third kappa shape index (κ3) is 2.36. The van der Waals surface area contributed by atoms with Crippen LogP contribution in [0.5, 0.6) is 0 Å². The molecule has 1 unspecified atom stereocenters. The summed E-state index contributed by atoms with van der Waals surface area (Å²) >= 11 is 0. The molecule has 1 saturated heterocycles. The summed E-state index contributed by atoms with van der Waals surface area (Å²) in [5, 5.41) is 0. The topological polar surface area (TPSA) is 29.3 Å². The van der Waals surface area contributed by atoms with E-state index in [2.05, 4.69) is 11.8 Å². The second-order valence-electron chi connectivity index (χ2n) is 5.68. The summed E-state index contributed by atoms with van der Waals surface area (Å²) in [4.78, 5) is 2.71. The number of hydrogen-bond donors (Lipinski definition) is 1. The molecule has 2 aliphatic rings. The Morgan fingerprint density at radius 1 is 1.20 bits per heavy atom. The highest BCUT2D eigenvalue weighted by molar-refractivity contribution is 4.95. The molecule has 0 aromatic rings. The Labute approximate surface area is 94.2 Å². The Morgan fingerprint density at radius 2 is 1.87 bits per heavy atom. The zero-order valence-electron chi connectivity index (χ0n) is 10.2. The van der Waals surface area contributed by atoms with Gasteiger partial charge in [0.2, 0.25) is 0 Å². The van der Waals surface area contributed by atoms with E-state index in [0.717, 1.165) is 12.5 Å². The van der Waals surface area contributed by atoms with Crippen molar-refractivity contribution in [1.29, 1.82) is 0 Å². The van der Waals surface area contributed by atoms with Crippen molar-refractivity contribution in [3.05, 3.63) is 0 Å². The van der Waals surface area contributed by atoms with Gasteiger partial charge < -0.3 is 5.73 Å². The van der Waals surface area contributed by atoms with Crippen LogP contribution in [0, 0.1) is 5.92 Å². The largest absolute Gasteiger partial charge is 0.329 e. The summed E-state index contributed by atoms with van der Waals surface area (Å²) in [6.07, 6.45) is 9.69. The molecule has 2 fully saturated rings. The van der Waals surface area contributed by atoms with E-state index in [1.807, 2.05) is 0 Å². The maximum atomic E-state index is 6.09. The van der Waals surface area contributed by atoms with E-state index in [1.165, 1.54) is 58.0 Å². The van der Waals surface area contributed by atoms with Gasteiger partial charge in [0.15, 0.2) is 0 Å². The highest BCUT2D eigenvalue weighted by Gasteiger charge is 2.38. The predicted molar refractivity (Wildman–Crippen MR) is 64.8 cm³/mol. The Kier molecular flexibility index (Phi) is 3.68. The fourth-order valence-electron chi connectivity index (χ4n) is 3.40. The summed E-state index contributed by atoms with van der Waals surface area (Å²) in [5.74, 6) is 0.886. The van der Waals surface area contributed by atoms with Gasteiger partial charge in [0.05, 0.1) is 0 Å². The van der Waals surface area contributed by atoms with Crippen molar-refractivity contribution in [1.82, 2.24) is 4.90 Å². The van der Waals surface area contributed by atoms with Crippen molar-refractivity contribution in [3.8, 4) is 0 Å². The normalized spacial score (nSPS) is 32.8. The Balaban J connectivity index is 2.05. The average molecular weight is 210 g/mol. The third-order valence-corrected chi connectivity index (χ3v) is 4.51. The first-order valence-corrected chi connectivity index (χ1v) is 6.72. The summed E-state index contributed by atoms with van der Waals surface area (Å²) in [6, 6.07) is 0. The average Bonchev–Trinajstić information content (AvgIpc) is 2.56. The molecule has 2 nitrogen and oxygen atoms in total. The third-order valence-electron chi connectivity index (χ3n) is 4.51. The molecule has 1 atom stereocenters. The van der Waals surface area contributed by atoms with E-state index >= 15 is 0 Å². The van der Waals surface area contributed by atoms with Gasteiger partial charge in [-0.25, -0.2) is 0 Å². The minimum atomic E-state index is 0.376. The van der Waals surface area contributed by atoms with Crippen molar-refractivity contribution in [3.63, 3.8) is 0 Å². The van der Waals surface area contributed by atoms with Gasteiger partial charge in [-0.2, -0.15) is 0 Å². The van der Waals surface area contributed by atoms with Crippen molar-refractivity contribution in [2.24, 2.45) is 11.7 Å². The lowest BCUT2D eigenvalue weighted by atomic mass is 9.88. The van der Waals surface area contributed by atoms with Crippen LogP contribution in [0.25, 0.3) is 0 Å². The first-order chi connectivity index (χ1) is 7.27. The van der Waals surface area contributed by atoms with Gasteiger partial charge >= 0.3 is 0 Å². The molecule has 2 N–H and O–H groups in total. The lowest BCUT2D eigenvalue weighted by Gasteiger charge is -2.41. The van der Waals surface area contributed by atoms with Crippen LogP contribution in [0.1, 0.15) is 51.9 Å². The predicted octanol–water partition coefficient (Wildman–Crippen LogP) is 2.38. The number of nitrogens with two attached hydrogens (primary N) is 1. The summed E-state index contributed by atoms with van der Waals surface area (Å²) in [7, 11) is 0. The fraction of sp³-hybridized carbons (Fsp3) is 1.00. The van der Waals surface area contributed by atoms with Gasteiger partial charge in [-0.3, -0.25) is 4.90 Å². The van der Waals surface area contributed by atoms with Crippen molar-refractivity contribution in [2.75, 3.05) is 19.6 Å². The van der Waals surface area contributed by atoms with Crippen LogP contribution in [0.3, 0.4) is 0 Å². The van der Waals surface area contributed by atoms with Crippen LogP contribution in [-0.4, -0.2) is 30.1 Å². The van der Waals surface area contributed by atoms with E-state index in [1.54, 1.807) is 0 Å². The number of nitrogens with zero attached hydrogens (tertiary/aromatic N) is 1. The van der Waals surface area contributed by atoms with Gasteiger partial charge in [-0.05, 0) is 31.7 Å².